The Hall–Kier alpha value is -2.54. The number of methoxy groups -OCH3 is 3. The number of amides is 2. The molecule has 2 aromatic carbocycles. The van der Waals surface area contributed by atoms with Crippen LogP contribution in [0.4, 0.5) is 10.5 Å². The van der Waals surface area contributed by atoms with Gasteiger partial charge in [0.2, 0.25) is 0 Å². The van der Waals surface area contributed by atoms with E-state index in [0.29, 0.717) is 23.8 Å². The second-order valence-electron chi connectivity index (χ2n) is 6.67. The number of hydrogen-bond donors (Lipinski definition) is 1. The van der Waals surface area contributed by atoms with E-state index in [2.05, 4.69) is 11.4 Å². The molecule has 150 valence electrons. The summed E-state index contributed by atoms with van der Waals surface area (Å²) in [6, 6.07) is 9.58. The van der Waals surface area contributed by atoms with Gasteiger partial charge in [0.25, 0.3) is 0 Å². The van der Waals surface area contributed by atoms with Crippen molar-refractivity contribution in [3.63, 3.8) is 0 Å². The normalized spacial score (nSPS) is 16.0. The highest BCUT2D eigenvalue weighted by molar-refractivity contribution is 7.99. The summed E-state index contributed by atoms with van der Waals surface area (Å²) in [5.41, 5.74) is 3.92. The minimum atomic E-state index is -0.166. The van der Waals surface area contributed by atoms with Gasteiger partial charge in [0.1, 0.15) is 11.1 Å². The minimum Gasteiger partial charge on any atom is -0.496 e. The number of benzene rings is 2. The van der Waals surface area contributed by atoms with Crippen LogP contribution in [0, 0.1) is 13.8 Å². The van der Waals surface area contributed by atoms with Gasteiger partial charge in [-0.2, -0.15) is 0 Å². The third-order valence-electron chi connectivity index (χ3n) is 4.63. The Bertz CT molecular complexity index is 851. The Morgan fingerprint density at radius 2 is 1.57 bits per heavy atom. The number of nitrogens with zero attached hydrogens (tertiary/aromatic N) is 1. The molecule has 6 nitrogen and oxygen atoms in total. The van der Waals surface area contributed by atoms with Crippen molar-refractivity contribution in [2.24, 2.45) is 0 Å². The number of nitrogens with one attached hydrogen (secondary N) is 1. The van der Waals surface area contributed by atoms with Crippen LogP contribution in [-0.4, -0.2) is 44.6 Å². The lowest BCUT2D eigenvalue weighted by molar-refractivity contribution is 0.213. The highest BCUT2D eigenvalue weighted by atomic mass is 32.2. The second-order valence-corrected chi connectivity index (χ2v) is 7.86. The maximum atomic E-state index is 13.0. The van der Waals surface area contributed by atoms with Crippen molar-refractivity contribution in [3.8, 4) is 17.2 Å². The number of rotatable bonds is 5. The van der Waals surface area contributed by atoms with E-state index in [1.54, 1.807) is 39.2 Å². The molecule has 2 aromatic rings. The Labute approximate surface area is 170 Å². The van der Waals surface area contributed by atoms with Gasteiger partial charge in [-0.25, -0.2) is 4.79 Å². The molecule has 2 amide bonds. The van der Waals surface area contributed by atoms with Crippen LogP contribution in [0.5, 0.6) is 17.2 Å². The quantitative estimate of drug-likeness (QED) is 0.791. The summed E-state index contributed by atoms with van der Waals surface area (Å²) in [5.74, 6) is 2.72. The lowest BCUT2D eigenvalue weighted by Crippen LogP contribution is -2.34. The van der Waals surface area contributed by atoms with E-state index in [4.69, 9.17) is 14.2 Å². The standard InChI is InChI=1S/C21H26N2O4S/c1-13-8-14(2)10-15(9-13)22-21(24)23-6-7-28-20(23)16-11-18(26-4)19(27-5)12-17(16)25-3/h8-12,20H,6-7H2,1-5H3,(H,22,24). The summed E-state index contributed by atoms with van der Waals surface area (Å²) in [6.07, 6.45) is 0. The fraction of sp³-hybridized carbons (Fsp3) is 0.381. The van der Waals surface area contributed by atoms with Crippen LogP contribution >= 0.6 is 11.8 Å². The van der Waals surface area contributed by atoms with Crippen LogP contribution in [0.25, 0.3) is 0 Å². The van der Waals surface area contributed by atoms with Crippen LogP contribution in [-0.2, 0) is 0 Å². The van der Waals surface area contributed by atoms with Gasteiger partial charge in [-0.15, -0.1) is 11.8 Å². The van der Waals surface area contributed by atoms with Crippen molar-refractivity contribution in [3.05, 3.63) is 47.0 Å². The third-order valence-corrected chi connectivity index (χ3v) is 5.87. The van der Waals surface area contributed by atoms with E-state index in [-0.39, 0.29) is 11.4 Å². The van der Waals surface area contributed by atoms with Crippen LogP contribution in [0.1, 0.15) is 22.1 Å². The summed E-state index contributed by atoms with van der Waals surface area (Å²) in [5, 5.41) is 2.86. The van der Waals surface area contributed by atoms with Crippen molar-refractivity contribution in [2.75, 3.05) is 38.9 Å². The highest BCUT2D eigenvalue weighted by Crippen LogP contribution is 2.46. The van der Waals surface area contributed by atoms with Crippen LogP contribution < -0.4 is 19.5 Å². The summed E-state index contributed by atoms with van der Waals surface area (Å²) < 4.78 is 16.4. The summed E-state index contributed by atoms with van der Waals surface area (Å²) in [4.78, 5) is 14.8. The van der Waals surface area contributed by atoms with Gasteiger partial charge >= 0.3 is 6.03 Å². The summed E-state index contributed by atoms with van der Waals surface area (Å²) in [7, 11) is 4.80. The number of urea groups is 1. The first-order chi connectivity index (χ1) is 13.5. The van der Waals surface area contributed by atoms with Crippen molar-refractivity contribution < 1.29 is 19.0 Å². The highest BCUT2D eigenvalue weighted by Gasteiger charge is 2.33. The van der Waals surface area contributed by atoms with E-state index in [1.165, 1.54) is 0 Å². The molecule has 0 saturated carbocycles. The smallest absolute Gasteiger partial charge is 0.323 e. The average molecular weight is 403 g/mol. The molecule has 1 aliphatic rings. The number of hydrogen-bond acceptors (Lipinski definition) is 5. The predicted molar refractivity (Wildman–Crippen MR) is 113 cm³/mol. The molecule has 7 heteroatoms. The van der Waals surface area contributed by atoms with Crippen molar-refractivity contribution in [1.29, 1.82) is 0 Å². The van der Waals surface area contributed by atoms with Gasteiger partial charge in [0.15, 0.2) is 11.5 Å². The first kappa shape index (κ1) is 20.2. The SMILES string of the molecule is COc1cc(OC)c(C2SCCN2C(=O)Nc2cc(C)cc(C)c2)cc1OC. The lowest BCUT2D eigenvalue weighted by atomic mass is 10.1. The number of anilines is 1. The van der Waals surface area contributed by atoms with E-state index in [9.17, 15) is 4.79 Å². The van der Waals surface area contributed by atoms with E-state index in [0.717, 1.165) is 28.1 Å². The van der Waals surface area contributed by atoms with Gasteiger partial charge < -0.3 is 24.4 Å². The zero-order valence-corrected chi connectivity index (χ0v) is 17.7. The van der Waals surface area contributed by atoms with E-state index in [1.807, 2.05) is 36.9 Å². The molecule has 1 N–H and O–H groups in total. The van der Waals surface area contributed by atoms with Crippen molar-refractivity contribution in [1.82, 2.24) is 4.90 Å². The largest absolute Gasteiger partial charge is 0.496 e. The number of ether oxygens (including phenoxy) is 3. The van der Waals surface area contributed by atoms with Gasteiger partial charge in [0, 0.05) is 29.6 Å². The van der Waals surface area contributed by atoms with Crippen LogP contribution in [0.15, 0.2) is 30.3 Å². The van der Waals surface area contributed by atoms with Gasteiger partial charge in [0.05, 0.1) is 21.3 Å². The van der Waals surface area contributed by atoms with Crippen LogP contribution in [0.3, 0.4) is 0 Å². The fourth-order valence-corrected chi connectivity index (χ4v) is 4.69. The Morgan fingerprint density at radius 3 is 2.18 bits per heavy atom. The monoisotopic (exact) mass is 402 g/mol. The first-order valence-electron chi connectivity index (χ1n) is 9.04. The molecule has 1 atom stereocenters. The summed E-state index contributed by atoms with van der Waals surface area (Å²) in [6.45, 7) is 4.70. The lowest BCUT2D eigenvalue weighted by Gasteiger charge is -2.26. The molecule has 1 aliphatic heterocycles. The molecule has 1 fully saturated rings. The number of carbonyl (C=O) groups excluding carboxylic acids is 1. The maximum Gasteiger partial charge on any atom is 0.323 e. The van der Waals surface area contributed by atoms with E-state index >= 15 is 0 Å². The minimum absolute atomic E-state index is 0.128. The number of thioether (sulfide) groups is 1. The van der Waals surface area contributed by atoms with Gasteiger partial charge in [-0.05, 0) is 43.2 Å². The summed E-state index contributed by atoms with van der Waals surface area (Å²) >= 11 is 1.70. The zero-order chi connectivity index (χ0) is 20.3. The predicted octanol–water partition coefficient (Wildman–Crippen LogP) is 4.61. The van der Waals surface area contributed by atoms with E-state index < -0.39 is 0 Å². The van der Waals surface area contributed by atoms with Gasteiger partial charge in [-0.1, -0.05) is 6.07 Å². The molecule has 28 heavy (non-hydrogen) atoms. The topological polar surface area (TPSA) is 60.0 Å². The maximum absolute atomic E-state index is 13.0. The molecule has 0 aromatic heterocycles. The Balaban J connectivity index is 1.89. The zero-order valence-electron chi connectivity index (χ0n) is 16.9. The Kier molecular flexibility index (Phi) is 6.24. The molecule has 0 spiro atoms. The van der Waals surface area contributed by atoms with Crippen LogP contribution in [0.2, 0.25) is 0 Å². The molecular formula is C21H26N2O4S. The fourth-order valence-electron chi connectivity index (χ4n) is 3.42. The average Bonchev–Trinajstić information content (AvgIpc) is 3.15. The van der Waals surface area contributed by atoms with Crippen molar-refractivity contribution >= 4 is 23.5 Å². The number of carbonyl (C=O) groups is 1. The molecule has 1 saturated heterocycles. The molecule has 0 aliphatic carbocycles. The second kappa shape index (κ2) is 8.65. The molecule has 1 heterocycles. The molecule has 3 rings (SSSR count). The molecular weight excluding hydrogens is 376 g/mol. The third kappa shape index (κ3) is 4.14. The van der Waals surface area contributed by atoms with Gasteiger partial charge in [-0.3, -0.25) is 0 Å². The number of aryl methyl sites for hydroxylation is 2. The molecule has 0 bridgehead atoms. The molecule has 1 unspecified atom stereocenters. The van der Waals surface area contributed by atoms with Crippen molar-refractivity contribution in [2.45, 2.75) is 19.2 Å². The molecule has 0 radical (unpaired) electrons. The Morgan fingerprint density at radius 1 is 0.964 bits per heavy atom. The first-order valence-corrected chi connectivity index (χ1v) is 10.1.